The van der Waals surface area contributed by atoms with E-state index in [9.17, 15) is 27.1 Å². The van der Waals surface area contributed by atoms with Crippen LogP contribution in [0.25, 0.3) is 10.9 Å². The summed E-state index contributed by atoms with van der Waals surface area (Å²) in [5.41, 5.74) is 0.607. The molecule has 0 radical (unpaired) electrons. The van der Waals surface area contributed by atoms with Gasteiger partial charge in [0, 0.05) is 41.7 Å². The van der Waals surface area contributed by atoms with Crippen LogP contribution in [0.5, 0.6) is 11.5 Å². The number of aromatic nitrogens is 2. The summed E-state index contributed by atoms with van der Waals surface area (Å²) in [6.45, 7) is 1.23. The topological polar surface area (TPSA) is 132 Å². The number of fused-ring (bicyclic) bond motifs is 1. The summed E-state index contributed by atoms with van der Waals surface area (Å²) >= 11 is 9.96. The zero-order chi connectivity index (χ0) is 36.2. The quantitative estimate of drug-likeness (QED) is 0.0913. The third-order valence-corrected chi connectivity index (χ3v) is 8.89. The lowest BCUT2D eigenvalue weighted by atomic mass is 10.0. The minimum atomic E-state index is -3.09. The van der Waals surface area contributed by atoms with E-state index in [0.717, 1.165) is 17.1 Å². The van der Waals surface area contributed by atoms with E-state index >= 15 is 0 Å². The van der Waals surface area contributed by atoms with Crippen molar-refractivity contribution in [2.24, 2.45) is 5.92 Å². The first kappa shape index (κ1) is 37.3. The number of halogens is 4. The Kier molecular flexibility index (Phi) is 11.9. The van der Waals surface area contributed by atoms with Crippen LogP contribution in [0.1, 0.15) is 50.8 Å². The van der Waals surface area contributed by atoms with E-state index in [1.54, 1.807) is 45.0 Å². The van der Waals surface area contributed by atoms with Gasteiger partial charge in [-0.05, 0) is 68.9 Å². The maximum Gasteiger partial charge on any atom is 0.387 e. The summed E-state index contributed by atoms with van der Waals surface area (Å²) in [5.74, 6) is -1.31. The second kappa shape index (κ2) is 15.9. The van der Waals surface area contributed by atoms with E-state index in [0.29, 0.717) is 34.6 Å². The van der Waals surface area contributed by atoms with Crippen LogP contribution in [0, 0.1) is 5.92 Å². The molecule has 268 valence electrons. The molecule has 0 saturated heterocycles. The van der Waals surface area contributed by atoms with Gasteiger partial charge in [-0.1, -0.05) is 47.5 Å². The van der Waals surface area contributed by atoms with Crippen LogP contribution in [0.2, 0.25) is 10.0 Å². The molecule has 1 aliphatic rings. The lowest BCUT2D eigenvalue weighted by Crippen LogP contribution is -2.36. The summed E-state index contributed by atoms with van der Waals surface area (Å²) in [6.07, 6.45) is 5.08. The molecular formula is C34H34Cl2F2N3O8S-. The maximum absolute atomic E-state index is 13.7. The summed E-state index contributed by atoms with van der Waals surface area (Å²) in [4.78, 5) is 30.3. The average Bonchev–Trinajstić information content (AvgIpc) is 3.80. The van der Waals surface area contributed by atoms with Crippen molar-refractivity contribution in [3.63, 3.8) is 0 Å². The Bertz CT molecular complexity index is 1860. The fraction of sp³-hybridized carbons (Fsp3) is 0.382. The molecule has 5 rings (SSSR count). The summed E-state index contributed by atoms with van der Waals surface area (Å²) in [5, 5.41) is 0.892. The van der Waals surface area contributed by atoms with Gasteiger partial charge in [-0.3, -0.25) is 23.1 Å². The second-order valence-corrected chi connectivity index (χ2v) is 14.3. The SMILES string of the molecule is CC(C)(C)OC(=O)CN(c1cn(CC(=O)O[C@@H](Cc2c(Cl)cncc2Cl)c2ccc(OC(F)F)c(OCC3CC3)c2)c2ccccc12)S(=O)[O-]. The molecule has 0 bridgehead atoms. The fourth-order valence-corrected chi connectivity index (χ4v) is 6.21. The first-order valence-corrected chi connectivity index (χ1v) is 17.3. The number of alkyl halides is 2. The lowest BCUT2D eigenvalue weighted by Gasteiger charge is -2.27. The van der Waals surface area contributed by atoms with Gasteiger partial charge in [-0.25, -0.2) is 0 Å². The summed E-state index contributed by atoms with van der Waals surface area (Å²) in [7, 11) is 0. The predicted molar refractivity (Wildman–Crippen MR) is 182 cm³/mol. The molecule has 4 aromatic rings. The minimum Gasteiger partial charge on any atom is -0.755 e. The third kappa shape index (κ3) is 9.83. The standard InChI is InChI=1S/C34H35Cl2F2N3O8S/c1-34(2,3)49-32(43)18-41(50(44)45)27-16-40(26-7-5-4-6-22(26)27)17-31(42)47-29(13-23-24(35)14-39-15-25(23)36)21-10-11-28(48-33(37)38)30(12-21)46-19-20-8-9-20/h4-7,10-12,14-16,20,29,33H,8-9,13,17-19H2,1-3H3,(H,44,45)/p-1/t29-/m0/s1. The molecule has 16 heteroatoms. The molecule has 0 amide bonds. The van der Waals surface area contributed by atoms with Crippen LogP contribution >= 0.6 is 23.2 Å². The van der Waals surface area contributed by atoms with Crippen molar-refractivity contribution in [3.8, 4) is 11.5 Å². The highest BCUT2D eigenvalue weighted by Crippen LogP contribution is 2.38. The Balaban J connectivity index is 1.46. The van der Waals surface area contributed by atoms with Crippen molar-refractivity contribution in [3.05, 3.63) is 82.2 Å². The normalized spacial score (nSPS) is 14.3. The van der Waals surface area contributed by atoms with E-state index in [1.807, 2.05) is 0 Å². The zero-order valence-corrected chi connectivity index (χ0v) is 29.6. The molecular weight excluding hydrogens is 719 g/mol. The number of carbonyl (C=O) groups excluding carboxylic acids is 2. The number of para-hydroxylation sites is 1. The molecule has 1 fully saturated rings. The number of anilines is 1. The smallest absolute Gasteiger partial charge is 0.387 e. The van der Waals surface area contributed by atoms with Gasteiger partial charge in [0.05, 0.1) is 27.9 Å². The number of hydrogen-bond donors (Lipinski definition) is 0. The van der Waals surface area contributed by atoms with E-state index in [2.05, 4.69) is 9.72 Å². The molecule has 0 spiro atoms. The highest BCUT2D eigenvalue weighted by Gasteiger charge is 2.27. The van der Waals surface area contributed by atoms with E-state index in [4.69, 9.17) is 37.4 Å². The fourth-order valence-electron chi connectivity index (χ4n) is 5.17. The van der Waals surface area contributed by atoms with Crippen LogP contribution in [-0.4, -0.2) is 55.6 Å². The van der Waals surface area contributed by atoms with Crippen molar-refractivity contribution in [2.75, 3.05) is 17.5 Å². The van der Waals surface area contributed by atoms with Gasteiger partial charge in [-0.2, -0.15) is 8.78 Å². The number of pyridine rings is 1. The largest absolute Gasteiger partial charge is 0.755 e. The van der Waals surface area contributed by atoms with Gasteiger partial charge in [-0.15, -0.1) is 0 Å². The Morgan fingerprint density at radius 3 is 2.42 bits per heavy atom. The number of nitrogens with zero attached hydrogens (tertiary/aromatic N) is 3. The van der Waals surface area contributed by atoms with E-state index in [-0.39, 0.29) is 40.2 Å². The van der Waals surface area contributed by atoms with Gasteiger partial charge in [0.2, 0.25) is 0 Å². The molecule has 2 aromatic carbocycles. The summed E-state index contributed by atoms with van der Waals surface area (Å²) in [6, 6.07) is 11.0. The summed E-state index contributed by atoms with van der Waals surface area (Å²) < 4.78 is 75.3. The van der Waals surface area contributed by atoms with Crippen molar-refractivity contribution in [2.45, 2.75) is 64.9 Å². The van der Waals surface area contributed by atoms with Crippen molar-refractivity contribution in [1.82, 2.24) is 9.55 Å². The molecule has 11 nitrogen and oxygen atoms in total. The lowest BCUT2D eigenvalue weighted by molar-refractivity contribution is -0.153. The van der Waals surface area contributed by atoms with Crippen molar-refractivity contribution >= 4 is 63.0 Å². The van der Waals surface area contributed by atoms with Gasteiger partial charge in [0.25, 0.3) is 0 Å². The highest BCUT2D eigenvalue weighted by atomic mass is 35.5. The van der Waals surface area contributed by atoms with Crippen molar-refractivity contribution in [1.29, 1.82) is 0 Å². The molecule has 50 heavy (non-hydrogen) atoms. The van der Waals surface area contributed by atoms with E-state index in [1.165, 1.54) is 41.4 Å². The monoisotopic (exact) mass is 752 g/mol. The van der Waals surface area contributed by atoms with Crippen LogP contribution in [0.15, 0.2) is 61.1 Å². The predicted octanol–water partition coefficient (Wildman–Crippen LogP) is 7.20. The first-order chi connectivity index (χ1) is 23.7. The van der Waals surface area contributed by atoms with Gasteiger partial charge in [0.15, 0.2) is 11.5 Å². The molecule has 1 aliphatic carbocycles. The van der Waals surface area contributed by atoms with Gasteiger partial charge < -0.3 is 28.1 Å². The number of carbonyl (C=O) groups is 2. The van der Waals surface area contributed by atoms with Gasteiger partial charge in [0.1, 0.15) is 24.8 Å². The number of ether oxygens (including phenoxy) is 4. The average molecular weight is 754 g/mol. The Hall–Kier alpha value is -3.98. The van der Waals surface area contributed by atoms with Crippen LogP contribution in [0.3, 0.4) is 0 Å². The second-order valence-electron chi connectivity index (χ2n) is 12.6. The molecule has 0 N–H and O–H groups in total. The first-order valence-electron chi connectivity index (χ1n) is 15.5. The number of esters is 2. The molecule has 1 unspecified atom stereocenters. The Morgan fingerprint density at radius 2 is 1.78 bits per heavy atom. The molecule has 0 aliphatic heterocycles. The molecule has 1 saturated carbocycles. The Labute approximate surface area is 299 Å². The third-order valence-electron chi connectivity index (χ3n) is 7.55. The minimum absolute atomic E-state index is 0.0143. The molecule has 2 heterocycles. The van der Waals surface area contributed by atoms with Crippen LogP contribution < -0.4 is 13.8 Å². The molecule has 2 atom stereocenters. The van der Waals surface area contributed by atoms with Crippen LogP contribution in [-0.2, 0) is 43.3 Å². The number of benzene rings is 2. The number of hydrogen-bond acceptors (Lipinski definition) is 9. The maximum atomic E-state index is 13.7. The van der Waals surface area contributed by atoms with Crippen LogP contribution in [0.4, 0.5) is 14.5 Å². The molecule has 2 aromatic heterocycles. The highest BCUT2D eigenvalue weighted by molar-refractivity contribution is 7.80. The zero-order valence-electron chi connectivity index (χ0n) is 27.3. The Morgan fingerprint density at radius 1 is 1.08 bits per heavy atom. The number of rotatable bonds is 15. The van der Waals surface area contributed by atoms with E-state index < -0.39 is 48.1 Å². The van der Waals surface area contributed by atoms with Crippen molar-refractivity contribution < 1.29 is 46.1 Å². The van der Waals surface area contributed by atoms with Gasteiger partial charge >= 0.3 is 18.6 Å².